The third-order valence-electron chi connectivity index (χ3n) is 5.83. The molecule has 0 radical (unpaired) electrons. The van der Waals surface area contributed by atoms with Crippen LogP contribution >= 0.6 is 0 Å². The Hall–Kier alpha value is -2.21. The summed E-state index contributed by atoms with van der Waals surface area (Å²) in [4.78, 5) is 2.53. The van der Waals surface area contributed by atoms with E-state index in [9.17, 15) is 0 Å². The maximum atomic E-state index is 5.72. The normalized spacial score (nSPS) is 11.5. The molecule has 32 heavy (non-hydrogen) atoms. The second-order valence-corrected chi connectivity index (χ2v) is 8.60. The van der Waals surface area contributed by atoms with Crippen molar-refractivity contribution in [3.05, 3.63) is 36.7 Å². The summed E-state index contributed by atoms with van der Waals surface area (Å²) in [6.07, 6.45) is 15.0. The van der Waals surface area contributed by atoms with Crippen molar-refractivity contribution in [2.24, 2.45) is 16.0 Å². The Morgan fingerprint density at radius 3 is 2.09 bits per heavy atom. The summed E-state index contributed by atoms with van der Waals surface area (Å²) in [5, 5.41) is 9.21. The molecular weight excluding hydrogens is 396 g/mol. The minimum atomic E-state index is 0.679. The quantitative estimate of drug-likeness (QED) is 0.172. The summed E-state index contributed by atoms with van der Waals surface area (Å²) in [7, 11) is 0. The molecule has 0 saturated carbocycles. The number of imidazole rings is 1. The monoisotopic (exact) mass is 441 g/mol. The third-order valence-corrected chi connectivity index (χ3v) is 5.83. The van der Waals surface area contributed by atoms with E-state index in [1.165, 1.54) is 44.2 Å². The second-order valence-electron chi connectivity index (χ2n) is 8.60. The van der Waals surface area contributed by atoms with Crippen LogP contribution < -0.4 is 15.2 Å². The SMILES string of the molecule is CCCCCN(CCCCC)c1ccc(N=Nc2n(CCCC)cc[n+]2CCCN)cc1. The van der Waals surface area contributed by atoms with Gasteiger partial charge in [0, 0.05) is 23.9 Å². The number of aromatic nitrogens is 2. The van der Waals surface area contributed by atoms with Crippen LogP contribution in [0.25, 0.3) is 0 Å². The van der Waals surface area contributed by atoms with Crippen LogP contribution in [0.4, 0.5) is 17.3 Å². The summed E-state index contributed by atoms with van der Waals surface area (Å²) in [5.74, 6) is 0.900. The molecular formula is C26H45N6+. The minimum Gasteiger partial charge on any atom is -0.372 e. The third kappa shape index (κ3) is 8.73. The number of unbranched alkanes of at least 4 members (excludes halogenated alkanes) is 5. The number of azo groups is 1. The number of hydrogen-bond acceptors (Lipinski definition) is 4. The molecule has 0 aliphatic heterocycles. The first-order valence-corrected chi connectivity index (χ1v) is 12.8. The van der Waals surface area contributed by atoms with Gasteiger partial charge >= 0.3 is 5.95 Å². The molecule has 1 aromatic carbocycles. The Morgan fingerprint density at radius 2 is 1.50 bits per heavy atom. The highest BCUT2D eigenvalue weighted by Crippen LogP contribution is 2.23. The number of aryl methyl sites for hydroxylation is 2. The van der Waals surface area contributed by atoms with E-state index >= 15 is 0 Å². The Kier molecular flexibility index (Phi) is 12.7. The van der Waals surface area contributed by atoms with Crippen molar-refractivity contribution in [1.82, 2.24) is 4.57 Å². The zero-order valence-corrected chi connectivity index (χ0v) is 20.7. The largest absolute Gasteiger partial charge is 0.421 e. The number of nitrogens with zero attached hydrogens (tertiary/aromatic N) is 5. The van der Waals surface area contributed by atoms with Gasteiger partial charge in [0.05, 0.1) is 25.5 Å². The van der Waals surface area contributed by atoms with Crippen molar-refractivity contribution in [3.63, 3.8) is 0 Å². The number of anilines is 1. The molecule has 6 heteroatoms. The molecule has 2 rings (SSSR count). The van der Waals surface area contributed by atoms with Crippen molar-refractivity contribution in [3.8, 4) is 0 Å². The molecule has 0 saturated heterocycles. The zero-order chi connectivity index (χ0) is 23.0. The number of benzene rings is 1. The molecule has 0 atom stereocenters. The lowest BCUT2D eigenvalue weighted by molar-refractivity contribution is -0.683. The van der Waals surface area contributed by atoms with Gasteiger partial charge in [-0.05, 0) is 56.5 Å². The maximum Gasteiger partial charge on any atom is 0.421 e. The van der Waals surface area contributed by atoms with Crippen LogP contribution in [-0.4, -0.2) is 24.2 Å². The average molecular weight is 442 g/mol. The Morgan fingerprint density at radius 1 is 0.844 bits per heavy atom. The number of rotatable bonds is 17. The van der Waals surface area contributed by atoms with E-state index in [0.29, 0.717) is 6.54 Å². The van der Waals surface area contributed by atoms with E-state index in [-0.39, 0.29) is 0 Å². The van der Waals surface area contributed by atoms with E-state index in [1.54, 1.807) is 0 Å². The van der Waals surface area contributed by atoms with Gasteiger partial charge in [-0.25, -0.2) is 9.13 Å². The molecule has 2 N–H and O–H groups in total. The lowest BCUT2D eigenvalue weighted by atomic mass is 10.2. The van der Waals surface area contributed by atoms with Gasteiger partial charge in [0.1, 0.15) is 5.69 Å². The van der Waals surface area contributed by atoms with Crippen LogP contribution in [-0.2, 0) is 13.1 Å². The molecule has 0 aliphatic carbocycles. The van der Waals surface area contributed by atoms with E-state index in [4.69, 9.17) is 5.73 Å². The average Bonchev–Trinajstić information content (AvgIpc) is 3.21. The van der Waals surface area contributed by atoms with Gasteiger partial charge in [-0.15, -0.1) is 0 Å². The van der Waals surface area contributed by atoms with Crippen molar-refractivity contribution in [1.29, 1.82) is 0 Å². The fraction of sp³-hybridized carbons (Fsp3) is 0.654. The standard InChI is InChI=1S/C26H45N6/c1-4-7-10-19-30(20-11-8-5-2)25-15-13-24(14-16-25)28-29-26-31(18-9-6-3)22-23-32(26)21-12-17-27/h13-16,22-23H,4-12,17-21,27H2,1-3H3/q+1. The van der Waals surface area contributed by atoms with Crippen LogP contribution in [0.2, 0.25) is 0 Å². The summed E-state index contributed by atoms with van der Waals surface area (Å²) in [6, 6.07) is 8.58. The molecule has 0 aliphatic rings. The predicted molar refractivity (Wildman–Crippen MR) is 135 cm³/mol. The van der Waals surface area contributed by atoms with Gasteiger partial charge in [0.15, 0.2) is 0 Å². The van der Waals surface area contributed by atoms with Gasteiger partial charge in [-0.2, -0.15) is 0 Å². The summed E-state index contributed by atoms with van der Waals surface area (Å²) in [6.45, 7) is 11.5. The van der Waals surface area contributed by atoms with Crippen molar-refractivity contribution in [2.45, 2.75) is 91.6 Å². The van der Waals surface area contributed by atoms with E-state index < -0.39 is 0 Å². The van der Waals surface area contributed by atoms with E-state index in [1.807, 2.05) is 0 Å². The second kappa shape index (κ2) is 15.6. The molecule has 0 bridgehead atoms. The first-order chi connectivity index (χ1) is 15.7. The number of nitrogens with two attached hydrogens (primary N) is 1. The van der Waals surface area contributed by atoms with Gasteiger partial charge in [0.25, 0.3) is 0 Å². The molecule has 0 fully saturated rings. The lowest BCUT2D eigenvalue weighted by Gasteiger charge is -2.25. The highest BCUT2D eigenvalue weighted by molar-refractivity contribution is 5.52. The molecule has 1 heterocycles. The Bertz CT molecular complexity index is 730. The van der Waals surface area contributed by atoms with E-state index in [2.05, 4.69) is 81.7 Å². The van der Waals surface area contributed by atoms with Crippen LogP contribution in [0.5, 0.6) is 0 Å². The van der Waals surface area contributed by atoms with Crippen molar-refractivity contribution >= 4 is 17.3 Å². The van der Waals surface area contributed by atoms with Gasteiger partial charge in [0.2, 0.25) is 0 Å². The summed E-state index contributed by atoms with van der Waals surface area (Å²) in [5.41, 5.74) is 7.90. The maximum absolute atomic E-state index is 5.72. The van der Waals surface area contributed by atoms with E-state index in [0.717, 1.165) is 57.1 Å². The first kappa shape index (κ1) is 26.0. The minimum absolute atomic E-state index is 0.679. The zero-order valence-electron chi connectivity index (χ0n) is 20.7. The molecule has 0 spiro atoms. The Balaban J connectivity index is 2.11. The lowest BCUT2D eigenvalue weighted by Crippen LogP contribution is -2.33. The molecule has 0 unspecified atom stereocenters. The van der Waals surface area contributed by atoms with Crippen molar-refractivity contribution < 1.29 is 4.57 Å². The van der Waals surface area contributed by atoms with Crippen LogP contribution in [0.3, 0.4) is 0 Å². The fourth-order valence-electron chi connectivity index (χ4n) is 3.82. The fourth-order valence-corrected chi connectivity index (χ4v) is 3.82. The van der Waals surface area contributed by atoms with Gasteiger partial charge in [-0.1, -0.05) is 58.0 Å². The highest BCUT2D eigenvalue weighted by Gasteiger charge is 2.16. The topological polar surface area (TPSA) is 62.8 Å². The van der Waals surface area contributed by atoms with Gasteiger partial charge in [-0.3, -0.25) is 0 Å². The van der Waals surface area contributed by atoms with Crippen LogP contribution in [0.15, 0.2) is 46.9 Å². The number of hydrogen-bond donors (Lipinski definition) is 1. The van der Waals surface area contributed by atoms with Crippen LogP contribution in [0, 0.1) is 0 Å². The molecule has 0 amide bonds. The predicted octanol–water partition coefficient (Wildman–Crippen LogP) is 6.53. The smallest absolute Gasteiger partial charge is 0.372 e. The summed E-state index contributed by atoms with van der Waals surface area (Å²) >= 11 is 0. The molecule has 1 aromatic heterocycles. The molecule has 2 aromatic rings. The molecule has 6 nitrogen and oxygen atoms in total. The highest BCUT2D eigenvalue weighted by atomic mass is 15.3. The Labute approximate surface area is 195 Å². The van der Waals surface area contributed by atoms with Crippen LogP contribution in [0.1, 0.15) is 78.6 Å². The van der Waals surface area contributed by atoms with Crippen molar-refractivity contribution in [2.75, 3.05) is 24.5 Å². The summed E-state index contributed by atoms with van der Waals surface area (Å²) < 4.78 is 4.35. The van der Waals surface area contributed by atoms with Gasteiger partial charge < -0.3 is 10.6 Å². The molecule has 178 valence electrons. The first-order valence-electron chi connectivity index (χ1n) is 12.8.